The van der Waals surface area contributed by atoms with E-state index in [1.165, 1.54) is 0 Å². The van der Waals surface area contributed by atoms with Gasteiger partial charge in [0.25, 0.3) is 0 Å². The number of carbonyl (C=O) groups excluding carboxylic acids is 1. The maximum atomic E-state index is 12.7. The highest BCUT2D eigenvalue weighted by atomic mass is 32.2. The summed E-state index contributed by atoms with van der Waals surface area (Å²) in [6.07, 6.45) is 4.30. The first-order valence-electron chi connectivity index (χ1n) is 9.42. The van der Waals surface area contributed by atoms with Crippen LogP contribution in [0.5, 0.6) is 0 Å². The second-order valence-corrected chi connectivity index (χ2v) is 10.3. The summed E-state index contributed by atoms with van der Waals surface area (Å²) < 4.78 is 27.2. The molecular weight excluding hydrogens is 352 g/mol. The van der Waals surface area contributed by atoms with Crippen molar-refractivity contribution in [2.75, 3.05) is 13.1 Å². The maximum absolute atomic E-state index is 12.7. The van der Waals surface area contributed by atoms with Crippen LogP contribution in [-0.4, -0.2) is 47.1 Å². The standard InChI is InChI=1S/C18H32N4O3S/c1-13(2)7-9-22-16(10-20-18(22)26(24,25)14(3)4)12-21-8-5-6-15(11-21)17(19)23/h10,13-15H,5-9,11-12H2,1-4H3,(H2,19,23). The number of nitrogens with zero attached hydrogens (tertiary/aromatic N) is 3. The van der Waals surface area contributed by atoms with E-state index in [-0.39, 0.29) is 17.0 Å². The molecule has 1 amide bonds. The lowest BCUT2D eigenvalue weighted by atomic mass is 9.97. The SMILES string of the molecule is CC(C)CCn1c(CN2CCCC(C(N)=O)C2)cnc1S(=O)(=O)C(C)C. The molecule has 2 rings (SSSR count). The number of primary amides is 1. The van der Waals surface area contributed by atoms with Crippen molar-refractivity contribution in [1.29, 1.82) is 0 Å². The van der Waals surface area contributed by atoms with Gasteiger partial charge in [-0.05, 0) is 45.6 Å². The van der Waals surface area contributed by atoms with Crippen LogP contribution in [0.3, 0.4) is 0 Å². The Morgan fingerprint density at radius 2 is 2.04 bits per heavy atom. The number of nitrogens with two attached hydrogens (primary N) is 1. The van der Waals surface area contributed by atoms with E-state index in [4.69, 9.17) is 5.73 Å². The lowest BCUT2D eigenvalue weighted by molar-refractivity contribution is -0.123. The van der Waals surface area contributed by atoms with Gasteiger partial charge in [-0.15, -0.1) is 0 Å². The van der Waals surface area contributed by atoms with Gasteiger partial charge in [-0.1, -0.05) is 13.8 Å². The van der Waals surface area contributed by atoms with Gasteiger partial charge in [-0.2, -0.15) is 0 Å². The summed E-state index contributed by atoms with van der Waals surface area (Å²) in [4.78, 5) is 17.9. The van der Waals surface area contributed by atoms with Crippen LogP contribution in [0.2, 0.25) is 0 Å². The van der Waals surface area contributed by atoms with Crippen LogP contribution in [0.25, 0.3) is 0 Å². The molecule has 148 valence electrons. The zero-order valence-electron chi connectivity index (χ0n) is 16.3. The van der Waals surface area contributed by atoms with Crippen LogP contribution >= 0.6 is 0 Å². The van der Waals surface area contributed by atoms with Crippen LogP contribution in [0.4, 0.5) is 0 Å². The number of piperidine rings is 1. The molecule has 1 aromatic heterocycles. The first-order valence-corrected chi connectivity index (χ1v) is 11.0. The van der Waals surface area contributed by atoms with Crippen LogP contribution in [0.15, 0.2) is 11.4 Å². The van der Waals surface area contributed by atoms with Crippen molar-refractivity contribution in [3.63, 3.8) is 0 Å². The van der Waals surface area contributed by atoms with E-state index in [9.17, 15) is 13.2 Å². The largest absolute Gasteiger partial charge is 0.369 e. The van der Waals surface area contributed by atoms with Gasteiger partial charge in [0.1, 0.15) is 0 Å². The van der Waals surface area contributed by atoms with Crippen LogP contribution < -0.4 is 5.73 Å². The molecule has 0 aromatic carbocycles. The van der Waals surface area contributed by atoms with E-state index in [0.29, 0.717) is 25.6 Å². The van der Waals surface area contributed by atoms with Gasteiger partial charge >= 0.3 is 0 Å². The molecule has 1 fully saturated rings. The first kappa shape index (κ1) is 20.9. The van der Waals surface area contributed by atoms with Crippen molar-refractivity contribution in [2.24, 2.45) is 17.6 Å². The fourth-order valence-electron chi connectivity index (χ4n) is 3.24. The topological polar surface area (TPSA) is 98.3 Å². The molecular formula is C18H32N4O3S. The van der Waals surface area contributed by atoms with Crippen molar-refractivity contribution in [3.8, 4) is 0 Å². The van der Waals surface area contributed by atoms with Crippen LogP contribution in [-0.2, 0) is 27.7 Å². The fraction of sp³-hybridized carbons (Fsp3) is 0.778. The Labute approximate surface area is 156 Å². The Morgan fingerprint density at radius 1 is 1.35 bits per heavy atom. The van der Waals surface area contributed by atoms with E-state index >= 15 is 0 Å². The van der Waals surface area contributed by atoms with Crippen molar-refractivity contribution < 1.29 is 13.2 Å². The average molecular weight is 385 g/mol. The lowest BCUT2D eigenvalue weighted by Gasteiger charge is -2.31. The summed E-state index contributed by atoms with van der Waals surface area (Å²) >= 11 is 0. The average Bonchev–Trinajstić information content (AvgIpc) is 2.96. The third-order valence-corrected chi connectivity index (χ3v) is 7.08. The summed E-state index contributed by atoms with van der Waals surface area (Å²) in [5.74, 6) is 0.0785. The minimum absolute atomic E-state index is 0.130. The number of rotatable bonds is 8. The highest BCUT2D eigenvalue weighted by molar-refractivity contribution is 7.91. The van der Waals surface area contributed by atoms with Gasteiger partial charge < -0.3 is 10.3 Å². The summed E-state index contributed by atoms with van der Waals surface area (Å²) in [5, 5.41) is -0.351. The zero-order chi connectivity index (χ0) is 19.5. The fourth-order valence-corrected chi connectivity index (χ4v) is 4.38. The molecule has 1 atom stereocenters. The van der Waals surface area contributed by atoms with Crippen LogP contribution in [0, 0.1) is 11.8 Å². The molecule has 0 aliphatic carbocycles. The molecule has 0 bridgehead atoms. The quantitative estimate of drug-likeness (QED) is 0.737. The van der Waals surface area contributed by atoms with E-state index < -0.39 is 15.1 Å². The molecule has 2 heterocycles. The first-order chi connectivity index (χ1) is 12.1. The summed E-state index contributed by atoms with van der Waals surface area (Å²) in [7, 11) is -3.44. The Balaban J connectivity index is 2.27. The third-order valence-electron chi connectivity index (χ3n) is 5.00. The number of aromatic nitrogens is 2. The monoisotopic (exact) mass is 384 g/mol. The van der Waals surface area contributed by atoms with Gasteiger partial charge in [0.15, 0.2) is 0 Å². The summed E-state index contributed by atoms with van der Waals surface area (Å²) in [5.41, 5.74) is 6.35. The highest BCUT2D eigenvalue weighted by Crippen LogP contribution is 2.22. The minimum atomic E-state index is -3.44. The molecule has 7 nitrogen and oxygen atoms in total. The molecule has 1 aromatic rings. The van der Waals surface area contributed by atoms with Gasteiger partial charge in [-0.3, -0.25) is 9.69 Å². The third kappa shape index (κ3) is 4.85. The Bertz CT molecular complexity index is 725. The van der Waals surface area contributed by atoms with E-state index in [0.717, 1.165) is 31.5 Å². The molecule has 1 aliphatic rings. The van der Waals surface area contributed by atoms with Crippen molar-refractivity contribution >= 4 is 15.7 Å². The summed E-state index contributed by atoms with van der Waals surface area (Å²) in [6, 6.07) is 0. The number of carbonyl (C=O) groups is 1. The number of sulfone groups is 1. The van der Waals surface area contributed by atoms with Crippen LogP contribution in [0.1, 0.15) is 52.7 Å². The molecule has 0 radical (unpaired) electrons. The molecule has 1 unspecified atom stereocenters. The van der Waals surface area contributed by atoms with Gasteiger partial charge in [0.05, 0.1) is 23.1 Å². The normalized spacial score (nSPS) is 19.4. The van der Waals surface area contributed by atoms with Crippen molar-refractivity contribution in [2.45, 2.75) is 70.5 Å². The zero-order valence-corrected chi connectivity index (χ0v) is 17.1. The smallest absolute Gasteiger partial charge is 0.228 e. The molecule has 0 saturated carbocycles. The second kappa shape index (κ2) is 8.52. The maximum Gasteiger partial charge on any atom is 0.228 e. The molecule has 1 saturated heterocycles. The summed E-state index contributed by atoms with van der Waals surface area (Å²) in [6.45, 7) is 10.3. The Kier molecular flexibility index (Phi) is 6.85. The van der Waals surface area contributed by atoms with E-state index in [1.54, 1.807) is 20.0 Å². The minimum Gasteiger partial charge on any atom is -0.369 e. The molecule has 1 aliphatic heterocycles. The number of hydrogen-bond donors (Lipinski definition) is 1. The van der Waals surface area contributed by atoms with E-state index in [2.05, 4.69) is 23.7 Å². The number of amides is 1. The van der Waals surface area contributed by atoms with Crippen molar-refractivity contribution in [3.05, 3.63) is 11.9 Å². The molecule has 0 spiro atoms. The number of hydrogen-bond acceptors (Lipinski definition) is 5. The van der Waals surface area contributed by atoms with Gasteiger partial charge in [-0.25, -0.2) is 13.4 Å². The number of imidazole rings is 1. The molecule has 26 heavy (non-hydrogen) atoms. The lowest BCUT2D eigenvalue weighted by Crippen LogP contribution is -2.41. The predicted octanol–water partition coefficient (Wildman–Crippen LogP) is 1.81. The molecule has 2 N–H and O–H groups in total. The van der Waals surface area contributed by atoms with Crippen molar-refractivity contribution in [1.82, 2.24) is 14.5 Å². The Hall–Kier alpha value is -1.41. The van der Waals surface area contributed by atoms with E-state index in [1.807, 2.05) is 4.57 Å². The number of likely N-dealkylation sites (tertiary alicyclic amines) is 1. The highest BCUT2D eigenvalue weighted by Gasteiger charge is 2.29. The van der Waals surface area contributed by atoms with Gasteiger partial charge in [0.2, 0.25) is 20.9 Å². The Morgan fingerprint density at radius 3 is 2.62 bits per heavy atom. The molecule has 8 heteroatoms. The van der Waals surface area contributed by atoms with Gasteiger partial charge in [0, 0.05) is 19.6 Å². The predicted molar refractivity (Wildman–Crippen MR) is 101 cm³/mol. The second-order valence-electron chi connectivity index (χ2n) is 7.94.